The Bertz CT molecular complexity index is 665. The number of nitrogen functional groups attached to an aromatic ring is 1. The molecule has 0 saturated carbocycles. The summed E-state index contributed by atoms with van der Waals surface area (Å²) in [4.78, 5) is 0. The number of hydrogen-bond acceptors (Lipinski definition) is 2. The number of nitrogens with zero attached hydrogens (tertiary/aromatic N) is 2. The van der Waals surface area contributed by atoms with Gasteiger partial charge in [-0.2, -0.15) is 5.26 Å². The third-order valence-corrected chi connectivity index (χ3v) is 3.97. The fourth-order valence-corrected chi connectivity index (χ4v) is 2.58. The first-order chi connectivity index (χ1) is 10.0. The molecule has 0 saturated heterocycles. The number of nitrogens with two attached hydrogens (primary N) is 1. The van der Waals surface area contributed by atoms with Crippen molar-refractivity contribution >= 4 is 17.3 Å². The highest BCUT2D eigenvalue weighted by molar-refractivity contribution is 6.31. The van der Waals surface area contributed by atoms with E-state index in [1.165, 1.54) is 0 Å². The Balaban J connectivity index is 2.37. The molecule has 2 rings (SSSR count). The molecule has 2 aromatic rings. The van der Waals surface area contributed by atoms with Crippen LogP contribution in [0.25, 0.3) is 0 Å². The zero-order valence-electron chi connectivity index (χ0n) is 12.4. The van der Waals surface area contributed by atoms with Crippen molar-refractivity contribution in [2.45, 2.75) is 33.2 Å². The Morgan fingerprint density at radius 3 is 2.67 bits per heavy atom. The second-order valence-electron chi connectivity index (χ2n) is 5.65. The number of hydrogen-bond donors (Lipinski definition) is 1. The van der Waals surface area contributed by atoms with E-state index in [0.29, 0.717) is 28.9 Å². The van der Waals surface area contributed by atoms with E-state index in [1.54, 1.807) is 6.07 Å². The van der Waals surface area contributed by atoms with Gasteiger partial charge >= 0.3 is 0 Å². The normalized spacial score (nSPS) is 10.8. The second-order valence-corrected chi connectivity index (χ2v) is 6.06. The summed E-state index contributed by atoms with van der Waals surface area (Å²) in [7, 11) is 0. The molecule has 1 aromatic heterocycles. The Morgan fingerprint density at radius 2 is 2.05 bits per heavy atom. The number of nitriles is 1. The van der Waals surface area contributed by atoms with Crippen molar-refractivity contribution < 1.29 is 0 Å². The summed E-state index contributed by atoms with van der Waals surface area (Å²) >= 11 is 6.23. The minimum absolute atomic E-state index is 0.577. The summed E-state index contributed by atoms with van der Waals surface area (Å²) in [6, 6.07) is 11.7. The molecule has 0 aliphatic carbocycles. The van der Waals surface area contributed by atoms with E-state index in [2.05, 4.69) is 19.9 Å². The smallest absolute Gasteiger partial charge is 0.122 e. The highest BCUT2D eigenvalue weighted by atomic mass is 35.5. The number of anilines is 1. The summed E-state index contributed by atoms with van der Waals surface area (Å²) in [6.07, 6.45) is 1.91. The van der Waals surface area contributed by atoms with E-state index in [4.69, 9.17) is 17.3 Å². The van der Waals surface area contributed by atoms with E-state index < -0.39 is 0 Å². The maximum Gasteiger partial charge on any atom is 0.122 e. The van der Waals surface area contributed by atoms with Crippen molar-refractivity contribution in [3.8, 4) is 6.07 Å². The molecule has 0 amide bonds. The van der Waals surface area contributed by atoms with Gasteiger partial charge in [0.2, 0.25) is 0 Å². The second kappa shape index (κ2) is 6.69. The van der Waals surface area contributed by atoms with Gasteiger partial charge in [-0.05, 0) is 36.5 Å². The van der Waals surface area contributed by atoms with Crippen molar-refractivity contribution in [1.29, 1.82) is 5.26 Å². The number of rotatable bonds is 5. The lowest BCUT2D eigenvalue weighted by Crippen LogP contribution is -2.09. The zero-order valence-corrected chi connectivity index (χ0v) is 13.2. The monoisotopic (exact) mass is 301 g/mol. The van der Waals surface area contributed by atoms with Gasteiger partial charge in [0.1, 0.15) is 11.8 Å². The van der Waals surface area contributed by atoms with Gasteiger partial charge in [0.15, 0.2) is 0 Å². The standard InChI is InChI=1S/C17H20ClN3/c1-12(2)7-8-17-16(20)9-14(10-19)21(17)11-13-5-3-4-6-15(13)18/h3-6,9,12H,7-8,11,20H2,1-2H3. The van der Waals surface area contributed by atoms with Crippen LogP contribution in [0.4, 0.5) is 5.69 Å². The molecule has 0 unspecified atom stereocenters. The van der Waals surface area contributed by atoms with Crippen LogP contribution in [0.5, 0.6) is 0 Å². The average molecular weight is 302 g/mol. The van der Waals surface area contributed by atoms with Crippen LogP contribution in [0, 0.1) is 17.2 Å². The molecular weight excluding hydrogens is 282 g/mol. The molecule has 0 aliphatic rings. The maximum atomic E-state index is 9.32. The Morgan fingerprint density at radius 1 is 1.33 bits per heavy atom. The van der Waals surface area contributed by atoms with Gasteiger partial charge in [0.05, 0.1) is 12.2 Å². The summed E-state index contributed by atoms with van der Waals surface area (Å²) < 4.78 is 1.99. The van der Waals surface area contributed by atoms with Crippen LogP contribution in [0.3, 0.4) is 0 Å². The molecular formula is C17H20ClN3. The first-order valence-electron chi connectivity index (χ1n) is 7.14. The molecule has 1 aromatic carbocycles. The minimum Gasteiger partial charge on any atom is -0.397 e. The van der Waals surface area contributed by atoms with Gasteiger partial charge in [-0.15, -0.1) is 0 Å². The molecule has 0 radical (unpaired) electrons. The first kappa shape index (κ1) is 15.5. The largest absolute Gasteiger partial charge is 0.397 e. The number of benzene rings is 1. The lowest BCUT2D eigenvalue weighted by molar-refractivity contribution is 0.568. The molecule has 3 nitrogen and oxygen atoms in total. The molecule has 21 heavy (non-hydrogen) atoms. The molecule has 0 aliphatic heterocycles. The fourth-order valence-electron chi connectivity index (χ4n) is 2.38. The molecule has 0 atom stereocenters. The zero-order chi connectivity index (χ0) is 15.4. The fraction of sp³-hybridized carbons (Fsp3) is 0.353. The number of halogens is 1. The third-order valence-electron chi connectivity index (χ3n) is 3.60. The summed E-state index contributed by atoms with van der Waals surface area (Å²) in [6.45, 7) is 4.94. The molecule has 110 valence electrons. The summed E-state index contributed by atoms with van der Waals surface area (Å²) in [5, 5.41) is 10.0. The van der Waals surface area contributed by atoms with Crippen LogP contribution in [-0.2, 0) is 13.0 Å². The molecule has 0 bridgehead atoms. The topological polar surface area (TPSA) is 54.7 Å². The van der Waals surface area contributed by atoms with Crippen molar-refractivity contribution in [2.24, 2.45) is 5.92 Å². The Kier molecular flexibility index (Phi) is 4.93. The van der Waals surface area contributed by atoms with Crippen molar-refractivity contribution in [2.75, 3.05) is 5.73 Å². The van der Waals surface area contributed by atoms with E-state index in [-0.39, 0.29) is 0 Å². The molecule has 4 heteroatoms. The van der Waals surface area contributed by atoms with E-state index in [1.807, 2.05) is 28.8 Å². The Hall–Kier alpha value is -1.92. The van der Waals surface area contributed by atoms with Crippen LogP contribution < -0.4 is 5.73 Å². The third kappa shape index (κ3) is 3.59. The summed E-state index contributed by atoms with van der Waals surface area (Å²) in [5.41, 5.74) is 9.40. The SMILES string of the molecule is CC(C)CCc1c(N)cc(C#N)n1Cc1ccccc1Cl. The lowest BCUT2D eigenvalue weighted by atomic mass is 10.1. The maximum absolute atomic E-state index is 9.32. The quantitative estimate of drug-likeness (QED) is 0.898. The van der Waals surface area contributed by atoms with Gasteiger partial charge in [-0.1, -0.05) is 43.6 Å². The number of aromatic nitrogens is 1. The van der Waals surface area contributed by atoms with E-state index in [0.717, 1.165) is 24.1 Å². The van der Waals surface area contributed by atoms with Crippen molar-refractivity contribution in [3.05, 3.63) is 52.3 Å². The van der Waals surface area contributed by atoms with Gasteiger partial charge in [0, 0.05) is 10.7 Å². The highest BCUT2D eigenvalue weighted by Crippen LogP contribution is 2.25. The molecule has 2 N–H and O–H groups in total. The predicted molar refractivity (Wildman–Crippen MR) is 87.3 cm³/mol. The lowest BCUT2D eigenvalue weighted by Gasteiger charge is -2.13. The predicted octanol–water partition coefficient (Wildman–Crippen LogP) is 4.23. The Labute approximate surface area is 130 Å². The average Bonchev–Trinajstić information content (AvgIpc) is 2.74. The first-order valence-corrected chi connectivity index (χ1v) is 7.52. The van der Waals surface area contributed by atoms with Crippen LogP contribution in [0.1, 0.15) is 37.2 Å². The van der Waals surface area contributed by atoms with Gasteiger partial charge in [-0.25, -0.2) is 0 Å². The van der Waals surface area contributed by atoms with Gasteiger partial charge in [0.25, 0.3) is 0 Å². The van der Waals surface area contributed by atoms with Gasteiger partial charge in [-0.3, -0.25) is 0 Å². The van der Waals surface area contributed by atoms with E-state index in [9.17, 15) is 5.26 Å². The minimum atomic E-state index is 0.577. The van der Waals surface area contributed by atoms with Crippen molar-refractivity contribution in [3.63, 3.8) is 0 Å². The van der Waals surface area contributed by atoms with Gasteiger partial charge < -0.3 is 10.3 Å². The molecule has 1 heterocycles. The van der Waals surface area contributed by atoms with Crippen LogP contribution in [0.2, 0.25) is 5.02 Å². The molecule has 0 spiro atoms. The van der Waals surface area contributed by atoms with Crippen LogP contribution >= 0.6 is 11.6 Å². The summed E-state index contributed by atoms with van der Waals surface area (Å²) in [5.74, 6) is 0.596. The molecule has 0 fully saturated rings. The highest BCUT2D eigenvalue weighted by Gasteiger charge is 2.14. The van der Waals surface area contributed by atoms with Crippen LogP contribution in [0.15, 0.2) is 30.3 Å². The van der Waals surface area contributed by atoms with Crippen LogP contribution in [-0.4, -0.2) is 4.57 Å². The van der Waals surface area contributed by atoms with E-state index >= 15 is 0 Å². The van der Waals surface area contributed by atoms with Crippen molar-refractivity contribution in [1.82, 2.24) is 4.57 Å².